The molecule has 1 fully saturated rings. The molecule has 0 aromatic heterocycles. The fourth-order valence-electron chi connectivity index (χ4n) is 7.41. The van der Waals surface area contributed by atoms with Crippen LogP contribution in [0.1, 0.15) is 258 Å². The predicted octanol–water partition coefficient (Wildman–Crippen LogP) is 17.0. The summed E-state index contributed by atoms with van der Waals surface area (Å²) in [7, 11) is 0. The van der Waals surface area contributed by atoms with Crippen LogP contribution >= 0.6 is 0 Å². The predicted molar refractivity (Wildman–Crippen MR) is 223 cm³/mol. The van der Waals surface area contributed by atoms with E-state index in [9.17, 15) is 4.79 Å². The van der Waals surface area contributed by atoms with E-state index in [4.69, 9.17) is 4.74 Å². The van der Waals surface area contributed by atoms with Crippen LogP contribution < -0.4 is 0 Å². The zero-order valence-electron chi connectivity index (χ0n) is 34.2. The number of unbranched alkanes of at least 4 members (excludes halogenated alkanes) is 33. The van der Waals surface area contributed by atoms with Crippen molar-refractivity contribution in [1.82, 2.24) is 0 Å². The number of allylic oxidation sites excluding steroid dienone is 5. The van der Waals surface area contributed by atoms with E-state index in [1.807, 2.05) is 0 Å². The molecule has 0 saturated carbocycles. The third-order valence-electron chi connectivity index (χ3n) is 10.9. The van der Waals surface area contributed by atoms with Gasteiger partial charge in [0, 0.05) is 0 Å². The molecular formula is C48H88O2. The third-order valence-corrected chi connectivity index (χ3v) is 10.9. The van der Waals surface area contributed by atoms with Crippen LogP contribution in [0.15, 0.2) is 36.1 Å². The topological polar surface area (TPSA) is 26.3 Å². The first-order chi connectivity index (χ1) is 24.8. The van der Waals surface area contributed by atoms with Crippen LogP contribution in [0.25, 0.3) is 0 Å². The van der Waals surface area contributed by atoms with Crippen molar-refractivity contribution in [2.75, 3.05) is 0 Å². The summed E-state index contributed by atoms with van der Waals surface area (Å²) in [5.74, 6) is 1.05. The molecule has 1 rings (SSSR count). The Hall–Kier alpha value is -1.31. The highest BCUT2D eigenvalue weighted by Gasteiger charge is 2.36. The minimum atomic E-state index is 0.0124. The first-order valence-electron chi connectivity index (χ1n) is 23.0. The molecule has 1 atom stereocenters. The third kappa shape index (κ3) is 31.4. The van der Waals surface area contributed by atoms with Crippen molar-refractivity contribution in [1.29, 1.82) is 0 Å². The number of hydrogen-bond donors (Lipinski definition) is 0. The molecule has 1 aliphatic rings. The van der Waals surface area contributed by atoms with E-state index in [2.05, 4.69) is 44.2 Å². The molecule has 1 unspecified atom stereocenters. The van der Waals surface area contributed by atoms with Gasteiger partial charge in [-0.05, 0) is 76.7 Å². The zero-order valence-corrected chi connectivity index (χ0v) is 34.2. The molecule has 0 aromatic carbocycles. The van der Waals surface area contributed by atoms with Gasteiger partial charge in [0.15, 0.2) is 0 Å². The van der Waals surface area contributed by atoms with Crippen LogP contribution in [0.5, 0.6) is 0 Å². The van der Waals surface area contributed by atoms with Crippen LogP contribution in [0.3, 0.4) is 0 Å². The van der Waals surface area contributed by atoms with Crippen molar-refractivity contribution in [3.05, 3.63) is 36.1 Å². The molecule has 0 bridgehead atoms. The maximum atomic E-state index is 12.0. The first kappa shape index (κ1) is 46.7. The van der Waals surface area contributed by atoms with Crippen molar-refractivity contribution in [3.63, 3.8) is 0 Å². The summed E-state index contributed by atoms with van der Waals surface area (Å²) in [6.07, 6.45) is 63.1. The number of rotatable bonds is 40. The quantitative estimate of drug-likeness (QED) is 0.0362. The van der Waals surface area contributed by atoms with E-state index in [0.29, 0.717) is 0 Å². The molecule has 0 amide bonds. The van der Waals surface area contributed by atoms with Crippen molar-refractivity contribution >= 4 is 5.97 Å². The molecule has 1 aliphatic heterocycles. The SMILES string of the molecule is CCCCCCCCCCCC/C=C/CCCCCCCC/C=C1/OC(=O)C1CCCCCCCC/C=C/CCCCCCCCCCCC. The largest absolute Gasteiger partial charge is 0.430 e. The molecule has 50 heavy (non-hydrogen) atoms. The van der Waals surface area contributed by atoms with Crippen LogP contribution in [0, 0.1) is 5.92 Å². The second-order valence-electron chi connectivity index (χ2n) is 15.9. The summed E-state index contributed by atoms with van der Waals surface area (Å²) < 4.78 is 5.40. The maximum absolute atomic E-state index is 12.0. The molecule has 2 heteroatoms. The Morgan fingerprint density at radius 2 is 0.660 bits per heavy atom. The molecule has 0 radical (unpaired) electrons. The minimum Gasteiger partial charge on any atom is -0.430 e. The Balaban J connectivity index is 1.82. The lowest BCUT2D eigenvalue weighted by atomic mass is 9.93. The molecule has 1 saturated heterocycles. The summed E-state index contributed by atoms with van der Waals surface area (Å²) in [6.45, 7) is 4.59. The lowest BCUT2D eigenvalue weighted by Crippen LogP contribution is -2.32. The Kier molecular flexibility index (Phi) is 36.4. The van der Waals surface area contributed by atoms with E-state index in [0.717, 1.165) is 25.0 Å². The summed E-state index contributed by atoms with van der Waals surface area (Å²) in [5.41, 5.74) is 0. The standard InChI is InChI=1S/C48H88O2/c1-3-5-7-9-11-13-15-17-19-21-23-25-27-29-31-33-35-37-39-41-43-45-47-46(48(49)50-47)44-42-40-38-36-34-32-30-28-26-24-22-20-18-16-14-12-10-8-6-4-2/h25-28,45-46H,3-24,29-44H2,1-2H3/b27-25+,28-26+,47-45+. The normalized spacial score (nSPS) is 15.5. The van der Waals surface area contributed by atoms with E-state index < -0.39 is 0 Å². The number of hydrogen-bond acceptors (Lipinski definition) is 2. The van der Waals surface area contributed by atoms with Gasteiger partial charge in [0.2, 0.25) is 0 Å². The fourth-order valence-corrected chi connectivity index (χ4v) is 7.41. The molecule has 0 spiro atoms. The number of ether oxygens (including phenoxy) is 1. The summed E-state index contributed by atoms with van der Waals surface area (Å²) in [6, 6.07) is 0. The van der Waals surface area contributed by atoms with Gasteiger partial charge in [-0.25, -0.2) is 0 Å². The lowest BCUT2D eigenvalue weighted by Gasteiger charge is -2.28. The number of cyclic esters (lactones) is 1. The molecular weight excluding hydrogens is 609 g/mol. The van der Waals surface area contributed by atoms with Crippen molar-refractivity contribution in [2.45, 2.75) is 258 Å². The van der Waals surface area contributed by atoms with Crippen molar-refractivity contribution in [3.8, 4) is 0 Å². The average Bonchev–Trinajstić information content (AvgIpc) is 3.12. The second kappa shape index (κ2) is 38.9. The number of carbonyl (C=O) groups is 1. The van der Waals surface area contributed by atoms with Gasteiger partial charge < -0.3 is 4.74 Å². The number of carbonyl (C=O) groups excluding carboxylic acids is 1. The maximum Gasteiger partial charge on any atom is 0.321 e. The van der Waals surface area contributed by atoms with Crippen LogP contribution in [-0.4, -0.2) is 5.97 Å². The Labute approximate surface area is 314 Å². The van der Waals surface area contributed by atoms with Gasteiger partial charge in [0.05, 0.1) is 0 Å². The number of esters is 1. The van der Waals surface area contributed by atoms with Crippen LogP contribution in [0.2, 0.25) is 0 Å². The highest BCUT2D eigenvalue weighted by Crippen LogP contribution is 2.32. The van der Waals surface area contributed by atoms with Crippen LogP contribution in [-0.2, 0) is 9.53 Å². The van der Waals surface area contributed by atoms with Gasteiger partial charge in [0.1, 0.15) is 11.7 Å². The van der Waals surface area contributed by atoms with Gasteiger partial charge in [-0.15, -0.1) is 0 Å². The minimum absolute atomic E-state index is 0.0124. The Morgan fingerprint density at radius 3 is 0.980 bits per heavy atom. The zero-order chi connectivity index (χ0) is 35.8. The summed E-state index contributed by atoms with van der Waals surface area (Å²) in [4.78, 5) is 12.0. The van der Waals surface area contributed by atoms with Crippen molar-refractivity contribution in [2.24, 2.45) is 5.92 Å². The molecule has 0 N–H and O–H groups in total. The van der Waals surface area contributed by atoms with Gasteiger partial charge in [-0.1, -0.05) is 212 Å². The second-order valence-corrected chi connectivity index (χ2v) is 15.9. The molecule has 1 heterocycles. The Bertz CT molecular complexity index is 792. The summed E-state index contributed by atoms with van der Waals surface area (Å²) >= 11 is 0. The molecule has 0 aromatic rings. The molecule has 0 aliphatic carbocycles. The van der Waals surface area contributed by atoms with Crippen molar-refractivity contribution < 1.29 is 9.53 Å². The van der Waals surface area contributed by atoms with E-state index >= 15 is 0 Å². The average molecular weight is 697 g/mol. The highest BCUT2D eigenvalue weighted by molar-refractivity contribution is 5.82. The fraction of sp³-hybridized carbons (Fsp3) is 0.854. The van der Waals surface area contributed by atoms with E-state index in [-0.39, 0.29) is 11.9 Å². The summed E-state index contributed by atoms with van der Waals surface area (Å²) in [5, 5.41) is 0. The molecule has 292 valence electrons. The smallest absolute Gasteiger partial charge is 0.321 e. The Morgan fingerprint density at radius 1 is 0.380 bits per heavy atom. The van der Waals surface area contributed by atoms with Gasteiger partial charge in [-0.2, -0.15) is 0 Å². The molecule has 2 nitrogen and oxygen atoms in total. The van der Waals surface area contributed by atoms with E-state index in [1.165, 1.54) is 225 Å². The first-order valence-corrected chi connectivity index (χ1v) is 23.0. The highest BCUT2D eigenvalue weighted by atomic mass is 16.6. The van der Waals surface area contributed by atoms with Gasteiger partial charge >= 0.3 is 5.97 Å². The lowest BCUT2D eigenvalue weighted by molar-refractivity contribution is -0.157. The van der Waals surface area contributed by atoms with Gasteiger partial charge in [0.25, 0.3) is 0 Å². The monoisotopic (exact) mass is 697 g/mol. The van der Waals surface area contributed by atoms with E-state index in [1.54, 1.807) is 0 Å². The van der Waals surface area contributed by atoms with Gasteiger partial charge in [-0.3, -0.25) is 4.79 Å². The van der Waals surface area contributed by atoms with Crippen LogP contribution in [0.4, 0.5) is 0 Å².